The molecule has 0 radical (unpaired) electrons. The van der Waals surface area contributed by atoms with Gasteiger partial charge >= 0.3 is 0 Å². The van der Waals surface area contributed by atoms with Gasteiger partial charge in [-0.05, 0) is 25.3 Å². The van der Waals surface area contributed by atoms with E-state index in [4.69, 9.17) is 0 Å². The van der Waals surface area contributed by atoms with Crippen molar-refractivity contribution in [1.29, 1.82) is 0 Å². The largest absolute Gasteiger partial charge is 0.392 e. The van der Waals surface area contributed by atoms with E-state index in [9.17, 15) is 5.11 Å². The minimum Gasteiger partial charge on any atom is -0.392 e. The fourth-order valence-corrected chi connectivity index (χ4v) is 2.14. The van der Waals surface area contributed by atoms with E-state index >= 15 is 0 Å². The van der Waals surface area contributed by atoms with Gasteiger partial charge in [0.15, 0.2) is 0 Å². The lowest BCUT2D eigenvalue weighted by molar-refractivity contribution is 0.164. The highest BCUT2D eigenvalue weighted by Gasteiger charge is 2.26. The second kappa shape index (κ2) is 3.51. The summed E-state index contributed by atoms with van der Waals surface area (Å²) in [4.78, 5) is 0. The number of aryl methyl sites for hydroxylation is 1. The topological polar surface area (TPSA) is 20.2 Å². The van der Waals surface area contributed by atoms with Crippen LogP contribution in [0.3, 0.4) is 0 Å². The van der Waals surface area contributed by atoms with Gasteiger partial charge in [0.05, 0.1) is 6.10 Å². The molecule has 1 aromatic rings. The highest BCUT2D eigenvalue weighted by atomic mass is 16.3. The normalized spacial score (nSPS) is 27.8. The van der Waals surface area contributed by atoms with Gasteiger partial charge in [0.1, 0.15) is 0 Å². The molecule has 13 heavy (non-hydrogen) atoms. The zero-order valence-corrected chi connectivity index (χ0v) is 8.03. The maximum atomic E-state index is 9.71. The summed E-state index contributed by atoms with van der Waals surface area (Å²) in [5.41, 5.74) is 2.59. The van der Waals surface area contributed by atoms with E-state index < -0.39 is 0 Å². The Morgan fingerprint density at radius 2 is 1.85 bits per heavy atom. The van der Waals surface area contributed by atoms with Crippen molar-refractivity contribution >= 4 is 0 Å². The van der Waals surface area contributed by atoms with Crippen molar-refractivity contribution in [3.05, 3.63) is 35.4 Å². The number of benzene rings is 1. The molecule has 0 aliphatic heterocycles. The molecule has 1 aliphatic carbocycles. The second-order valence-corrected chi connectivity index (χ2v) is 4.02. The quantitative estimate of drug-likeness (QED) is 0.697. The molecule has 1 nitrogen and oxygen atoms in total. The maximum Gasteiger partial charge on any atom is 0.0608 e. The fourth-order valence-electron chi connectivity index (χ4n) is 2.14. The van der Waals surface area contributed by atoms with Crippen LogP contribution < -0.4 is 0 Å². The number of aliphatic hydroxyl groups excluding tert-OH is 1. The summed E-state index contributed by atoms with van der Waals surface area (Å²) in [7, 11) is 0. The molecule has 2 rings (SSSR count). The first-order valence-corrected chi connectivity index (χ1v) is 5.02. The van der Waals surface area contributed by atoms with Gasteiger partial charge in [-0.25, -0.2) is 0 Å². The van der Waals surface area contributed by atoms with Gasteiger partial charge in [0.2, 0.25) is 0 Å². The Balaban J connectivity index is 2.20. The molecule has 0 saturated heterocycles. The van der Waals surface area contributed by atoms with E-state index in [1.807, 2.05) is 0 Å². The zero-order valence-electron chi connectivity index (χ0n) is 8.03. The van der Waals surface area contributed by atoms with Gasteiger partial charge in [-0.1, -0.05) is 36.2 Å². The third-order valence-corrected chi connectivity index (χ3v) is 2.98. The van der Waals surface area contributed by atoms with Gasteiger partial charge in [-0.3, -0.25) is 0 Å². The first-order chi connectivity index (χ1) is 6.27. The zero-order chi connectivity index (χ0) is 9.26. The first kappa shape index (κ1) is 8.76. The third-order valence-electron chi connectivity index (χ3n) is 2.98. The summed E-state index contributed by atoms with van der Waals surface area (Å²) in [5, 5.41) is 9.71. The molecule has 0 unspecified atom stereocenters. The molecule has 1 aliphatic rings. The predicted molar refractivity (Wildman–Crippen MR) is 53.8 cm³/mol. The van der Waals surface area contributed by atoms with Crippen LogP contribution in [-0.4, -0.2) is 11.2 Å². The van der Waals surface area contributed by atoms with Gasteiger partial charge in [0, 0.05) is 5.92 Å². The number of hydrogen-bond donors (Lipinski definition) is 1. The van der Waals surface area contributed by atoms with Crippen molar-refractivity contribution in [2.45, 2.75) is 38.2 Å². The van der Waals surface area contributed by atoms with Crippen LogP contribution in [0.4, 0.5) is 0 Å². The lowest BCUT2D eigenvalue weighted by Crippen LogP contribution is -2.10. The molecule has 1 saturated carbocycles. The van der Waals surface area contributed by atoms with Crippen molar-refractivity contribution in [3.63, 3.8) is 0 Å². The highest BCUT2D eigenvalue weighted by Crippen LogP contribution is 2.34. The van der Waals surface area contributed by atoms with Crippen LogP contribution in [-0.2, 0) is 0 Å². The van der Waals surface area contributed by atoms with E-state index in [1.165, 1.54) is 17.5 Å². The molecule has 1 fully saturated rings. The summed E-state index contributed by atoms with van der Waals surface area (Å²) in [6.45, 7) is 2.09. The molecule has 1 aromatic carbocycles. The van der Waals surface area contributed by atoms with Crippen LogP contribution >= 0.6 is 0 Å². The SMILES string of the molecule is Cc1ccc([C@H]2CCC[C@@H]2O)cc1. The van der Waals surface area contributed by atoms with Crippen molar-refractivity contribution < 1.29 is 5.11 Å². The minimum atomic E-state index is -0.109. The lowest BCUT2D eigenvalue weighted by Gasteiger charge is -2.14. The standard InChI is InChI=1S/C12H16O/c1-9-5-7-10(8-6-9)11-3-2-4-12(11)13/h5-8,11-13H,2-4H2,1H3/t11-,12+/m1/s1. The Labute approximate surface area is 79.4 Å². The molecule has 0 heterocycles. The molecular weight excluding hydrogens is 160 g/mol. The Morgan fingerprint density at radius 1 is 1.15 bits per heavy atom. The predicted octanol–water partition coefficient (Wildman–Crippen LogP) is 2.62. The van der Waals surface area contributed by atoms with Crippen molar-refractivity contribution in [3.8, 4) is 0 Å². The molecular formula is C12H16O. The van der Waals surface area contributed by atoms with Crippen LogP contribution in [0.1, 0.15) is 36.3 Å². The van der Waals surface area contributed by atoms with Crippen LogP contribution in [0.25, 0.3) is 0 Å². The lowest BCUT2D eigenvalue weighted by atomic mass is 9.95. The Morgan fingerprint density at radius 3 is 2.38 bits per heavy atom. The summed E-state index contributed by atoms with van der Waals surface area (Å²) in [6.07, 6.45) is 3.17. The first-order valence-electron chi connectivity index (χ1n) is 5.02. The molecule has 2 atom stereocenters. The highest BCUT2D eigenvalue weighted by molar-refractivity contribution is 5.26. The number of hydrogen-bond acceptors (Lipinski definition) is 1. The third kappa shape index (κ3) is 1.75. The van der Waals surface area contributed by atoms with Crippen LogP contribution in [0, 0.1) is 6.92 Å². The molecule has 0 bridgehead atoms. The minimum absolute atomic E-state index is 0.109. The molecule has 1 N–H and O–H groups in total. The van der Waals surface area contributed by atoms with Crippen molar-refractivity contribution in [2.24, 2.45) is 0 Å². The summed E-state index contributed by atoms with van der Waals surface area (Å²) in [6, 6.07) is 8.55. The maximum absolute atomic E-state index is 9.71. The van der Waals surface area contributed by atoms with Crippen LogP contribution in [0.2, 0.25) is 0 Å². The van der Waals surface area contributed by atoms with Crippen LogP contribution in [0.5, 0.6) is 0 Å². The van der Waals surface area contributed by atoms with E-state index in [0.29, 0.717) is 5.92 Å². The molecule has 0 spiro atoms. The molecule has 1 heteroatoms. The van der Waals surface area contributed by atoms with Gasteiger partial charge in [0.25, 0.3) is 0 Å². The van der Waals surface area contributed by atoms with Gasteiger partial charge in [-0.2, -0.15) is 0 Å². The number of aliphatic hydroxyl groups is 1. The van der Waals surface area contributed by atoms with Crippen LogP contribution in [0.15, 0.2) is 24.3 Å². The Kier molecular flexibility index (Phi) is 2.36. The molecule has 0 amide bonds. The Hall–Kier alpha value is -0.820. The summed E-state index contributed by atoms with van der Waals surface area (Å²) >= 11 is 0. The van der Waals surface area contributed by atoms with E-state index in [0.717, 1.165) is 12.8 Å². The van der Waals surface area contributed by atoms with Gasteiger partial charge < -0.3 is 5.11 Å². The smallest absolute Gasteiger partial charge is 0.0608 e. The fraction of sp³-hybridized carbons (Fsp3) is 0.500. The average Bonchev–Trinajstić information content (AvgIpc) is 2.53. The monoisotopic (exact) mass is 176 g/mol. The summed E-state index contributed by atoms with van der Waals surface area (Å²) in [5.74, 6) is 0.389. The number of rotatable bonds is 1. The van der Waals surface area contributed by atoms with Crippen molar-refractivity contribution in [1.82, 2.24) is 0 Å². The second-order valence-electron chi connectivity index (χ2n) is 4.02. The van der Waals surface area contributed by atoms with E-state index in [1.54, 1.807) is 0 Å². The Bertz CT molecular complexity index is 276. The average molecular weight is 176 g/mol. The van der Waals surface area contributed by atoms with E-state index in [-0.39, 0.29) is 6.10 Å². The van der Waals surface area contributed by atoms with Gasteiger partial charge in [-0.15, -0.1) is 0 Å². The molecule has 0 aromatic heterocycles. The molecule has 70 valence electrons. The van der Waals surface area contributed by atoms with E-state index in [2.05, 4.69) is 31.2 Å². The van der Waals surface area contributed by atoms with Crippen molar-refractivity contribution in [2.75, 3.05) is 0 Å². The summed E-state index contributed by atoms with van der Waals surface area (Å²) < 4.78 is 0.